The lowest BCUT2D eigenvalue weighted by atomic mass is 9.99. The van der Waals surface area contributed by atoms with Crippen molar-refractivity contribution >= 4 is 26.6 Å². The van der Waals surface area contributed by atoms with E-state index in [4.69, 9.17) is 0 Å². The Morgan fingerprint density at radius 1 is 0.686 bits per heavy atom. The van der Waals surface area contributed by atoms with Gasteiger partial charge in [0.25, 0.3) is 0 Å². The van der Waals surface area contributed by atoms with E-state index in [1.54, 1.807) is 11.6 Å². The van der Waals surface area contributed by atoms with Crippen molar-refractivity contribution in [1.29, 1.82) is 0 Å². The van der Waals surface area contributed by atoms with Gasteiger partial charge in [-0.3, -0.25) is 4.67 Å². The molecule has 0 saturated heterocycles. The van der Waals surface area contributed by atoms with Gasteiger partial charge in [-0.05, 0) is 96.8 Å². The minimum atomic E-state index is -0.555. The van der Waals surface area contributed by atoms with Crippen LogP contribution in [0.15, 0.2) is 60.7 Å². The molecule has 0 spiro atoms. The number of hydrogen-bond acceptors (Lipinski definition) is 1. The van der Waals surface area contributed by atoms with Crippen LogP contribution in [0.25, 0.3) is 0 Å². The molecule has 1 atom stereocenters. The van der Waals surface area contributed by atoms with Crippen molar-refractivity contribution in [2.75, 3.05) is 7.05 Å². The molecule has 3 heteroatoms. The van der Waals surface area contributed by atoms with Crippen LogP contribution in [0.1, 0.15) is 71.1 Å². The summed E-state index contributed by atoms with van der Waals surface area (Å²) in [7, 11) is 1.83. The molecule has 5 rings (SSSR count). The average molecular weight is 503 g/mol. The molecule has 3 fully saturated rings. The molecule has 2 aromatic carbocycles. The van der Waals surface area contributed by atoms with Gasteiger partial charge in [-0.25, -0.2) is 0 Å². The summed E-state index contributed by atoms with van der Waals surface area (Å²) in [5.74, 6) is 1.56. The molecule has 0 bridgehead atoms. The number of hydrogen-bond donors (Lipinski definition) is 0. The SMILES string of the molecule is C[C@H]([C]1[CH][CH][CH][C]1P(c1ccccc1)c1ccccc1)N(C)P(C1CCCCC1)C1CCCCC1. The molecule has 0 aromatic heterocycles. The van der Waals surface area contributed by atoms with Crippen molar-refractivity contribution in [3.63, 3.8) is 0 Å². The summed E-state index contributed by atoms with van der Waals surface area (Å²) in [5.41, 5.74) is 3.44. The third-order valence-electron chi connectivity index (χ3n) is 8.37. The molecule has 2 aromatic rings. The van der Waals surface area contributed by atoms with Crippen molar-refractivity contribution < 1.29 is 0 Å². The largest absolute Gasteiger partial charge is 0.281 e. The van der Waals surface area contributed by atoms with Crippen LogP contribution in [0.3, 0.4) is 0 Å². The van der Waals surface area contributed by atoms with Crippen LogP contribution in [0.4, 0.5) is 0 Å². The highest BCUT2D eigenvalue weighted by Gasteiger charge is 2.44. The maximum absolute atomic E-state index is 2.89. The van der Waals surface area contributed by atoms with E-state index in [1.807, 2.05) is 0 Å². The fourth-order valence-electron chi connectivity index (χ4n) is 6.47. The predicted octanol–water partition coefficient (Wildman–Crippen LogP) is 8.23. The Hall–Kier alpha value is -0.740. The summed E-state index contributed by atoms with van der Waals surface area (Å²) >= 11 is 0. The molecule has 3 aliphatic rings. The van der Waals surface area contributed by atoms with E-state index in [0.717, 1.165) is 11.3 Å². The Labute approximate surface area is 218 Å². The van der Waals surface area contributed by atoms with E-state index in [9.17, 15) is 0 Å². The van der Waals surface area contributed by atoms with Crippen LogP contribution < -0.4 is 10.6 Å². The van der Waals surface area contributed by atoms with Gasteiger partial charge in [0.1, 0.15) is 0 Å². The van der Waals surface area contributed by atoms with Crippen molar-refractivity contribution in [2.24, 2.45) is 0 Å². The zero-order valence-corrected chi connectivity index (χ0v) is 23.4. The van der Waals surface area contributed by atoms with Gasteiger partial charge in [0.15, 0.2) is 0 Å². The Balaban J connectivity index is 1.41. The first-order valence-corrected chi connectivity index (χ1v) is 16.7. The van der Waals surface area contributed by atoms with Gasteiger partial charge in [0.05, 0.1) is 0 Å². The fraction of sp³-hybridized carbons (Fsp3) is 0.469. The molecule has 0 aliphatic heterocycles. The summed E-state index contributed by atoms with van der Waals surface area (Å²) in [4.78, 5) is 0. The zero-order valence-electron chi connectivity index (χ0n) is 21.7. The van der Waals surface area contributed by atoms with Crippen LogP contribution in [0.2, 0.25) is 0 Å². The van der Waals surface area contributed by atoms with Crippen LogP contribution in [0, 0.1) is 30.8 Å². The van der Waals surface area contributed by atoms with Crippen LogP contribution in [0.5, 0.6) is 0 Å². The Morgan fingerprint density at radius 3 is 1.66 bits per heavy atom. The summed E-state index contributed by atoms with van der Waals surface area (Å²) in [5, 5.41) is 2.91. The summed E-state index contributed by atoms with van der Waals surface area (Å²) in [6.07, 6.45) is 21.8. The lowest BCUT2D eigenvalue weighted by Crippen LogP contribution is -2.38. The standard InChI is InChI=1S/C32H42NP2/c1-26(33(2)35(29-20-11-5-12-21-29)30-22-13-6-14-23-30)31-24-15-25-32(31)34(27-16-7-3-8-17-27)28-18-9-4-10-19-28/h3-4,7-10,15-19,24-26,29-30H,5-6,11-14,20-23H2,1-2H3/t26-/m1/s1. The molecule has 35 heavy (non-hydrogen) atoms. The van der Waals surface area contributed by atoms with Crippen LogP contribution in [-0.2, 0) is 0 Å². The monoisotopic (exact) mass is 502 g/mol. The first kappa shape index (κ1) is 25.9. The Bertz CT molecular complexity index is 817. The molecular weight excluding hydrogens is 460 g/mol. The summed E-state index contributed by atoms with van der Waals surface area (Å²) in [6.45, 7) is 2.50. The van der Waals surface area contributed by atoms with E-state index < -0.39 is 7.92 Å². The maximum atomic E-state index is 2.89. The van der Waals surface area contributed by atoms with E-state index in [2.05, 4.69) is 98.6 Å². The van der Waals surface area contributed by atoms with Crippen molar-refractivity contribution in [1.82, 2.24) is 4.67 Å². The highest BCUT2D eigenvalue weighted by atomic mass is 31.1. The first-order valence-electron chi connectivity index (χ1n) is 13.9. The normalized spacial score (nSPS) is 22.4. The third-order valence-corrected chi connectivity index (χ3v) is 14.5. The molecule has 0 unspecified atom stereocenters. The third kappa shape index (κ3) is 6.06. The molecule has 5 radical (unpaired) electrons. The minimum absolute atomic E-state index is 0.102. The van der Waals surface area contributed by atoms with Gasteiger partial charge in [0, 0.05) is 17.6 Å². The van der Waals surface area contributed by atoms with Gasteiger partial charge in [0.2, 0.25) is 0 Å². The average Bonchev–Trinajstić information content (AvgIpc) is 3.40. The number of nitrogens with zero attached hydrogens (tertiary/aromatic N) is 1. The second-order valence-electron chi connectivity index (χ2n) is 10.6. The van der Waals surface area contributed by atoms with Crippen molar-refractivity contribution in [3.8, 4) is 0 Å². The smallest absolute Gasteiger partial charge is 0.0211 e. The second kappa shape index (κ2) is 12.7. The molecule has 0 amide bonds. The molecule has 1 nitrogen and oxygen atoms in total. The molecule has 3 aliphatic carbocycles. The van der Waals surface area contributed by atoms with Crippen LogP contribution in [-0.4, -0.2) is 29.1 Å². The number of rotatable bonds is 8. The Morgan fingerprint density at radius 2 is 1.17 bits per heavy atom. The second-order valence-corrected chi connectivity index (χ2v) is 15.6. The van der Waals surface area contributed by atoms with Gasteiger partial charge in [-0.1, -0.05) is 99.2 Å². The minimum Gasteiger partial charge on any atom is -0.281 e. The van der Waals surface area contributed by atoms with Gasteiger partial charge in [-0.2, -0.15) is 0 Å². The van der Waals surface area contributed by atoms with Crippen LogP contribution >= 0.6 is 16.0 Å². The highest BCUT2D eigenvalue weighted by molar-refractivity contribution is 7.76. The Kier molecular flexibility index (Phi) is 9.38. The summed E-state index contributed by atoms with van der Waals surface area (Å²) in [6, 6.07) is 22.9. The molecule has 185 valence electrons. The summed E-state index contributed by atoms with van der Waals surface area (Å²) < 4.78 is 2.89. The fourth-order valence-corrected chi connectivity index (χ4v) is 13.0. The van der Waals surface area contributed by atoms with Gasteiger partial charge >= 0.3 is 0 Å². The lowest BCUT2D eigenvalue weighted by molar-refractivity contribution is 0.405. The first-order chi connectivity index (χ1) is 17.2. The zero-order chi connectivity index (χ0) is 24.0. The molecular formula is C32H42NP2. The topological polar surface area (TPSA) is 3.24 Å². The molecule has 0 heterocycles. The quantitative estimate of drug-likeness (QED) is 0.329. The highest BCUT2D eigenvalue weighted by Crippen LogP contribution is 2.62. The lowest BCUT2D eigenvalue weighted by Gasteiger charge is -2.47. The molecule has 0 N–H and O–H groups in total. The van der Waals surface area contributed by atoms with E-state index >= 15 is 0 Å². The van der Waals surface area contributed by atoms with Gasteiger partial charge < -0.3 is 0 Å². The predicted molar refractivity (Wildman–Crippen MR) is 156 cm³/mol. The van der Waals surface area contributed by atoms with Crippen molar-refractivity contribution in [2.45, 2.75) is 88.5 Å². The van der Waals surface area contributed by atoms with Gasteiger partial charge in [-0.15, -0.1) is 0 Å². The van der Waals surface area contributed by atoms with Crippen molar-refractivity contribution in [3.05, 3.63) is 91.5 Å². The molecule has 3 saturated carbocycles. The van der Waals surface area contributed by atoms with E-state index in [1.165, 1.54) is 74.8 Å². The van der Waals surface area contributed by atoms with E-state index in [-0.39, 0.29) is 8.07 Å². The van der Waals surface area contributed by atoms with E-state index in [0.29, 0.717) is 6.04 Å². The maximum Gasteiger partial charge on any atom is 0.0211 e. The number of benzene rings is 2.